The normalized spacial score (nSPS) is 13.3. The zero-order valence-electron chi connectivity index (χ0n) is 11.5. The van der Waals surface area contributed by atoms with Crippen molar-refractivity contribution in [3.63, 3.8) is 0 Å². The predicted octanol–water partition coefficient (Wildman–Crippen LogP) is 2.94. The van der Waals surface area contributed by atoms with Crippen LogP contribution < -0.4 is 10.5 Å². The Morgan fingerprint density at radius 1 is 1.29 bits per heavy atom. The maximum absolute atomic E-state index is 12.4. The van der Waals surface area contributed by atoms with E-state index in [0.717, 1.165) is 10.4 Å². The van der Waals surface area contributed by atoms with E-state index >= 15 is 0 Å². The molecular formula is C14H17ClN2O2S2. The van der Waals surface area contributed by atoms with Crippen LogP contribution in [0, 0.1) is 0 Å². The molecule has 2 rings (SSSR count). The molecule has 0 aliphatic rings. The fourth-order valence-corrected chi connectivity index (χ4v) is 4.87. The number of hydrogen-bond acceptors (Lipinski definition) is 4. The summed E-state index contributed by atoms with van der Waals surface area (Å²) in [7, 11) is -3.55. The Morgan fingerprint density at radius 3 is 2.67 bits per heavy atom. The van der Waals surface area contributed by atoms with Crippen LogP contribution in [0.2, 0.25) is 5.02 Å². The summed E-state index contributed by atoms with van der Waals surface area (Å²) in [6.07, 6.45) is 0.681. The molecule has 0 radical (unpaired) electrons. The first-order valence-corrected chi connectivity index (χ1v) is 9.17. The number of hydrogen-bond donors (Lipinski definition) is 2. The van der Waals surface area contributed by atoms with E-state index < -0.39 is 16.1 Å². The van der Waals surface area contributed by atoms with Crippen molar-refractivity contribution >= 4 is 33.0 Å². The third-order valence-corrected chi connectivity index (χ3v) is 6.52. The number of sulfonamides is 1. The first-order valence-electron chi connectivity index (χ1n) is 6.49. The van der Waals surface area contributed by atoms with Gasteiger partial charge in [-0.2, -0.15) is 0 Å². The minimum Gasteiger partial charge on any atom is -0.330 e. The van der Waals surface area contributed by atoms with Crippen LogP contribution >= 0.6 is 22.9 Å². The van der Waals surface area contributed by atoms with Gasteiger partial charge in [0.2, 0.25) is 0 Å². The van der Waals surface area contributed by atoms with E-state index in [1.165, 1.54) is 11.3 Å². The summed E-state index contributed by atoms with van der Waals surface area (Å²) >= 11 is 7.34. The van der Waals surface area contributed by atoms with E-state index in [1.54, 1.807) is 25.1 Å². The van der Waals surface area contributed by atoms with Gasteiger partial charge in [0, 0.05) is 15.9 Å². The average molecular weight is 345 g/mol. The van der Waals surface area contributed by atoms with Crippen molar-refractivity contribution in [1.29, 1.82) is 0 Å². The zero-order chi connectivity index (χ0) is 15.5. The maximum Gasteiger partial charge on any atom is 0.250 e. The standard InChI is InChI=1S/C14H17ClN2O2S2/c1-10(12-4-2-3-5-13(12)15)17-21(18,19)14-7-6-11(20-14)8-9-16/h2-7,10,17H,8-9,16H2,1H3. The highest BCUT2D eigenvalue weighted by Crippen LogP contribution is 2.26. The molecule has 0 aliphatic heterocycles. The second-order valence-corrected chi connectivity index (χ2v) is 8.14. The second kappa shape index (κ2) is 6.89. The highest BCUT2D eigenvalue weighted by Gasteiger charge is 2.21. The highest BCUT2D eigenvalue weighted by molar-refractivity contribution is 7.91. The Labute approximate surface area is 134 Å². The molecule has 1 aromatic heterocycles. The molecule has 0 spiro atoms. The Morgan fingerprint density at radius 2 is 2.00 bits per heavy atom. The lowest BCUT2D eigenvalue weighted by Gasteiger charge is -2.15. The van der Waals surface area contributed by atoms with Gasteiger partial charge in [-0.05, 0) is 43.7 Å². The lowest BCUT2D eigenvalue weighted by atomic mass is 10.1. The van der Waals surface area contributed by atoms with Crippen LogP contribution in [0.25, 0.3) is 0 Å². The van der Waals surface area contributed by atoms with Gasteiger partial charge in [-0.1, -0.05) is 29.8 Å². The van der Waals surface area contributed by atoms with Crippen molar-refractivity contribution in [3.05, 3.63) is 51.9 Å². The van der Waals surface area contributed by atoms with Gasteiger partial charge in [-0.25, -0.2) is 13.1 Å². The molecule has 1 unspecified atom stereocenters. The van der Waals surface area contributed by atoms with Crippen molar-refractivity contribution < 1.29 is 8.42 Å². The second-order valence-electron chi connectivity index (χ2n) is 4.62. The van der Waals surface area contributed by atoms with Gasteiger partial charge in [0.15, 0.2) is 0 Å². The number of nitrogens with one attached hydrogen (secondary N) is 1. The van der Waals surface area contributed by atoms with E-state index in [9.17, 15) is 8.42 Å². The van der Waals surface area contributed by atoms with E-state index in [2.05, 4.69) is 4.72 Å². The van der Waals surface area contributed by atoms with Gasteiger partial charge in [0.25, 0.3) is 10.0 Å². The molecule has 0 saturated heterocycles. The van der Waals surface area contributed by atoms with Gasteiger partial charge < -0.3 is 5.73 Å². The monoisotopic (exact) mass is 344 g/mol. The van der Waals surface area contributed by atoms with Crippen LogP contribution in [-0.2, 0) is 16.4 Å². The molecule has 1 heterocycles. The van der Waals surface area contributed by atoms with E-state index in [0.29, 0.717) is 22.2 Å². The number of halogens is 1. The summed E-state index contributed by atoms with van der Waals surface area (Å²) in [5, 5.41) is 0.544. The molecule has 114 valence electrons. The van der Waals surface area contributed by atoms with Crippen LogP contribution in [-0.4, -0.2) is 15.0 Å². The smallest absolute Gasteiger partial charge is 0.250 e. The SMILES string of the molecule is CC(NS(=O)(=O)c1ccc(CCN)s1)c1ccccc1Cl. The van der Waals surface area contributed by atoms with Gasteiger partial charge in [0.1, 0.15) is 4.21 Å². The lowest BCUT2D eigenvalue weighted by molar-refractivity contribution is 0.569. The van der Waals surface area contributed by atoms with Crippen molar-refractivity contribution in [3.8, 4) is 0 Å². The first-order chi connectivity index (χ1) is 9.94. The van der Waals surface area contributed by atoms with Gasteiger partial charge in [-0.3, -0.25) is 0 Å². The first kappa shape index (κ1) is 16.5. The van der Waals surface area contributed by atoms with Gasteiger partial charge >= 0.3 is 0 Å². The average Bonchev–Trinajstić information content (AvgIpc) is 2.88. The Hall–Kier alpha value is -0.920. The van der Waals surface area contributed by atoms with Gasteiger partial charge in [-0.15, -0.1) is 11.3 Å². The zero-order valence-corrected chi connectivity index (χ0v) is 13.9. The summed E-state index contributed by atoms with van der Waals surface area (Å²) in [4.78, 5) is 0.961. The van der Waals surface area contributed by atoms with Crippen molar-refractivity contribution in [2.45, 2.75) is 23.6 Å². The van der Waals surface area contributed by atoms with Crippen LogP contribution in [0.4, 0.5) is 0 Å². The Balaban J connectivity index is 2.18. The fourth-order valence-electron chi connectivity index (χ4n) is 1.96. The molecule has 1 aromatic carbocycles. The third-order valence-electron chi connectivity index (χ3n) is 3.00. The number of nitrogens with two attached hydrogens (primary N) is 1. The summed E-state index contributed by atoms with van der Waals surface area (Å²) < 4.78 is 27.7. The molecule has 1 atom stereocenters. The quantitative estimate of drug-likeness (QED) is 0.846. The molecule has 0 fully saturated rings. The topological polar surface area (TPSA) is 72.2 Å². The van der Waals surface area contributed by atoms with E-state index in [1.807, 2.05) is 18.2 Å². The minimum atomic E-state index is -3.55. The lowest BCUT2D eigenvalue weighted by Crippen LogP contribution is -2.26. The van der Waals surface area contributed by atoms with Crippen molar-refractivity contribution in [2.24, 2.45) is 5.73 Å². The molecule has 2 aromatic rings. The third kappa shape index (κ3) is 4.05. The summed E-state index contributed by atoms with van der Waals surface area (Å²) in [5.74, 6) is 0. The number of thiophene rings is 1. The number of rotatable bonds is 6. The molecule has 21 heavy (non-hydrogen) atoms. The Kier molecular flexibility index (Phi) is 5.40. The molecule has 4 nitrogen and oxygen atoms in total. The van der Waals surface area contributed by atoms with E-state index in [-0.39, 0.29) is 0 Å². The molecule has 7 heteroatoms. The molecule has 0 aliphatic carbocycles. The van der Waals surface area contributed by atoms with Gasteiger partial charge in [0.05, 0.1) is 0 Å². The molecule has 3 N–H and O–H groups in total. The largest absolute Gasteiger partial charge is 0.330 e. The molecular weight excluding hydrogens is 328 g/mol. The summed E-state index contributed by atoms with van der Waals surface area (Å²) in [6, 6.07) is 10.2. The van der Waals surface area contributed by atoms with Crippen LogP contribution in [0.15, 0.2) is 40.6 Å². The van der Waals surface area contributed by atoms with E-state index in [4.69, 9.17) is 17.3 Å². The predicted molar refractivity (Wildman–Crippen MR) is 87.3 cm³/mol. The van der Waals surface area contributed by atoms with Crippen LogP contribution in [0.1, 0.15) is 23.4 Å². The van der Waals surface area contributed by atoms with Crippen LogP contribution in [0.3, 0.4) is 0 Å². The molecule has 0 bridgehead atoms. The fraction of sp³-hybridized carbons (Fsp3) is 0.286. The molecule has 0 saturated carbocycles. The minimum absolute atomic E-state index is 0.296. The highest BCUT2D eigenvalue weighted by atomic mass is 35.5. The summed E-state index contributed by atoms with van der Waals surface area (Å²) in [6.45, 7) is 2.27. The maximum atomic E-state index is 12.4. The molecule has 0 amide bonds. The van der Waals surface area contributed by atoms with Crippen LogP contribution in [0.5, 0.6) is 0 Å². The summed E-state index contributed by atoms with van der Waals surface area (Å²) in [5.41, 5.74) is 6.23. The number of benzene rings is 1. The van der Waals surface area contributed by atoms with Crippen molar-refractivity contribution in [2.75, 3.05) is 6.54 Å². The van der Waals surface area contributed by atoms with Crippen molar-refractivity contribution in [1.82, 2.24) is 4.72 Å². The Bertz CT molecular complexity index is 713.